The van der Waals surface area contributed by atoms with Crippen LogP contribution in [0.25, 0.3) is 10.2 Å². The molecule has 3 aromatic rings. The minimum absolute atomic E-state index is 0.101. The van der Waals surface area contributed by atoms with E-state index >= 15 is 0 Å². The number of thiophene rings is 1. The Kier molecular flexibility index (Phi) is 5.51. The van der Waals surface area contributed by atoms with Gasteiger partial charge in [0.25, 0.3) is 0 Å². The number of nitro groups is 1. The molecule has 0 unspecified atom stereocenters. The monoisotopic (exact) mass is 441 g/mol. The van der Waals surface area contributed by atoms with Gasteiger partial charge in [0.05, 0.1) is 25.1 Å². The van der Waals surface area contributed by atoms with Gasteiger partial charge in [-0.2, -0.15) is 4.98 Å². The molecule has 0 amide bonds. The number of aryl methyl sites for hydroxylation is 3. The predicted molar refractivity (Wildman–Crippen MR) is 116 cm³/mol. The van der Waals surface area contributed by atoms with Gasteiger partial charge in [0.1, 0.15) is 16.3 Å². The number of morpholine rings is 1. The second-order valence-corrected chi connectivity index (χ2v) is 8.94. The van der Waals surface area contributed by atoms with Crippen LogP contribution in [0.4, 0.5) is 5.82 Å². The second-order valence-electron chi connectivity index (χ2n) is 7.86. The van der Waals surface area contributed by atoms with Crippen molar-refractivity contribution in [3.63, 3.8) is 0 Å². The summed E-state index contributed by atoms with van der Waals surface area (Å²) in [5, 5.41) is 12.4. The highest BCUT2D eigenvalue weighted by atomic mass is 32.1. The molecule has 1 fully saturated rings. The SMILES string of the molecule is Cc1ccc(Oc2nc(CN3CCOCC3)nc3sc4c(c23)CCCC4)c([N+](=O)[O-])n1. The lowest BCUT2D eigenvalue weighted by atomic mass is 9.97. The smallest absolute Gasteiger partial charge is 0.407 e. The van der Waals surface area contributed by atoms with Crippen LogP contribution in [-0.4, -0.2) is 51.1 Å². The number of pyridine rings is 1. The molecule has 0 saturated carbocycles. The Balaban J connectivity index is 1.59. The lowest BCUT2D eigenvalue weighted by molar-refractivity contribution is -0.390. The molecule has 1 saturated heterocycles. The molecular weight excluding hydrogens is 418 g/mol. The topological polar surface area (TPSA) is 104 Å². The molecule has 0 radical (unpaired) electrons. The summed E-state index contributed by atoms with van der Waals surface area (Å²) >= 11 is 1.69. The Labute approximate surface area is 183 Å². The quantitative estimate of drug-likeness (QED) is 0.435. The van der Waals surface area contributed by atoms with E-state index in [9.17, 15) is 10.1 Å². The van der Waals surface area contributed by atoms with Crippen molar-refractivity contribution in [3.8, 4) is 11.6 Å². The first kappa shape index (κ1) is 20.2. The average Bonchev–Trinajstić information content (AvgIpc) is 3.14. The van der Waals surface area contributed by atoms with Crippen LogP contribution < -0.4 is 4.74 Å². The van der Waals surface area contributed by atoms with Crippen molar-refractivity contribution < 1.29 is 14.4 Å². The fourth-order valence-electron chi connectivity index (χ4n) is 4.11. The number of rotatable bonds is 5. The standard InChI is InChI=1S/C21H23N5O4S/c1-13-6-7-15(19(22-13)26(27)28)30-20-18-14-4-2-3-5-16(14)31-21(18)24-17(23-20)12-25-8-10-29-11-9-25/h6-7H,2-5,8-12H2,1H3. The van der Waals surface area contributed by atoms with Crippen LogP contribution in [-0.2, 0) is 24.1 Å². The summed E-state index contributed by atoms with van der Waals surface area (Å²) in [6.45, 7) is 5.35. The van der Waals surface area contributed by atoms with Crippen LogP contribution >= 0.6 is 11.3 Å². The predicted octanol–water partition coefficient (Wildman–Crippen LogP) is 3.81. The van der Waals surface area contributed by atoms with Crippen LogP contribution in [0.2, 0.25) is 0 Å². The summed E-state index contributed by atoms with van der Waals surface area (Å²) in [6.07, 6.45) is 4.25. The summed E-state index contributed by atoms with van der Waals surface area (Å²) in [5.74, 6) is 0.849. The van der Waals surface area contributed by atoms with E-state index in [-0.39, 0.29) is 11.6 Å². The third-order valence-electron chi connectivity index (χ3n) is 5.65. The van der Waals surface area contributed by atoms with E-state index in [2.05, 4.69) is 9.88 Å². The lowest BCUT2D eigenvalue weighted by Crippen LogP contribution is -2.36. The van der Waals surface area contributed by atoms with Crippen molar-refractivity contribution in [1.82, 2.24) is 19.9 Å². The Morgan fingerprint density at radius 1 is 1.19 bits per heavy atom. The number of hydrogen-bond acceptors (Lipinski definition) is 9. The first-order chi connectivity index (χ1) is 15.1. The third kappa shape index (κ3) is 4.10. The van der Waals surface area contributed by atoms with E-state index in [1.54, 1.807) is 30.4 Å². The Morgan fingerprint density at radius 2 is 2.00 bits per heavy atom. The highest BCUT2D eigenvalue weighted by molar-refractivity contribution is 7.18. The van der Waals surface area contributed by atoms with Gasteiger partial charge in [0.2, 0.25) is 11.6 Å². The zero-order chi connectivity index (χ0) is 21.4. The van der Waals surface area contributed by atoms with Crippen LogP contribution in [0.1, 0.15) is 34.8 Å². The summed E-state index contributed by atoms with van der Waals surface area (Å²) in [4.78, 5) is 29.1. The van der Waals surface area contributed by atoms with Crippen molar-refractivity contribution in [2.45, 2.75) is 39.2 Å². The van der Waals surface area contributed by atoms with Gasteiger partial charge in [-0.05, 0) is 53.3 Å². The maximum atomic E-state index is 11.6. The van der Waals surface area contributed by atoms with E-state index in [4.69, 9.17) is 19.4 Å². The molecule has 162 valence electrons. The van der Waals surface area contributed by atoms with Crippen molar-refractivity contribution >= 4 is 27.4 Å². The van der Waals surface area contributed by atoms with E-state index in [1.165, 1.54) is 10.4 Å². The van der Waals surface area contributed by atoms with Crippen molar-refractivity contribution in [3.05, 3.63) is 44.2 Å². The Bertz CT molecular complexity index is 1140. The highest BCUT2D eigenvalue weighted by Crippen LogP contribution is 2.41. The molecule has 3 aromatic heterocycles. The maximum Gasteiger partial charge on any atom is 0.407 e. The molecular formula is C21H23N5O4S. The maximum absolute atomic E-state index is 11.6. The van der Waals surface area contributed by atoms with E-state index in [0.29, 0.717) is 37.2 Å². The van der Waals surface area contributed by atoms with Gasteiger partial charge in [0, 0.05) is 24.9 Å². The van der Waals surface area contributed by atoms with Gasteiger partial charge in [-0.1, -0.05) is 0 Å². The fraction of sp³-hybridized carbons (Fsp3) is 0.476. The molecule has 9 nitrogen and oxygen atoms in total. The molecule has 2 aliphatic rings. The van der Waals surface area contributed by atoms with Gasteiger partial charge in [-0.3, -0.25) is 4.90 Å². The number of aromatic nitrogens is 3. The van der Waals surface area contributed by atoms with Crippen molar-refractivity contribution in [2.75, 3.05) is 26.3 Å². The second kappa shape index (κ2) is 8.45. The summed E-state index contributed by atoms with van der Waals surface area (Å²) in [7, 11) is 0. The minimum Gasteiger partial charge on any atom is -0.429 e. The average molecular weight is 442 g/mol. The first-order valence-electron chi connectivity index (χ1n) is 10.5. The Hall–Kier alpha value is -2.69. The number of nitrogens with zero attached hydrogens (tertiary/aromatic N) is 5. The molecule has 0 N–H and O–H groups in total. The van der Waals surface area contributed by atoms with Crippen LogP contribution in [0.3, 0.4) is 0 Å². The summed E-state index contributed by atoms with van der Waals surface area (Å²) in [5.41, 5.74) is 1.79. The minimum atomic E-state index is -0.515. The molecule has 0 bridgehead atoms. The third-order valence-corrected chi connectivity index (χ3v) is 6.84. The number of ether oxygens (including phenoxy) is 2. The largest absolute Gasteiger partial charge is 0.429 e. The van der Waals surface area contributed by atoms with Crippen LogP contribution in [0, 0.1) is 17.0 Å². The molecule has 10 heteroatoms. The van der Waals surface area contributed by atoms with Gasteiger partial charge in [-0.15, -0.1) is 11.3 Å². The van der Waals surface area contributed by atoms with Crippen LogP contribution in [0.15, 0.2) is 12.1 Å². The van der Waals surface area contributed by atoms with Crippen molar-refractivity contribution in [2.24, 2.45) is 0 Å². The molecule has 4 heterocycles. The summed E-state index contributed by atoms with van der Waals surface area (Å²) in [6, 6.07) is 3.30. The van der Waals surface area contributed by atoms with E-state index in [1.807, 2.05) is 0 Å². The van der Waals surface area contributed by atoms with E-state index in [0.717, 1.165) is 49.0 Å². The van der Waals surface area contributed by atoms with Crippen molar-refractivity contribution in [1.29, 1.82) is 0 Å². The fourth-order valence-corrected chi connectivity index (χ4v) is 5.39. The molecule has 1 aliphatic carbocycles. The van der Waals surface area contributed by atoms with Gasteiger partial charge < -0.3 is 19.6 Å². The summed E-state index contributed by atoms with van der Waals surface area (Å²) < 4.78 is 11.5. The molecule has 1 aliphatic heterocycles. The van der Waals surface area contributed by atoms with Crippen LogP contribution in [0.5, 0.6) is 11.6 Å². The molecule has 5 rings (SSSR count). The molecule has 0 atom stereocenters. The lowest BCUT2D eigenvalue weighted by Gasteiger charge is -2.25. The van der Waals surface area contributed by atoms with Gasteiger partial charge in [-0.25, -0.2) is 4.98 Å². The van der Waals surface area contributed by atoms with Gasteiger partial charge >= 0.3 is 5.82 Å². The highest BCUT2D eigenvalue weighted by Gasteiger charge is 2.26. The molecule has 0 aromatic carbocycles. The zero-order valence-electron chi connectivity index (χ0n) is 17.3. The zero-order valence-corrected chi connectivity index (χ0v) is 18.1. The molecule has 31 heavy (non-hydrogen) atoms. The first-order valence-corrected chi connectivity index (χ1v) is 11.3. The molecule has 0 spiro atoms. The number of fused-ring (bicyclic) bond motifs is 3. The number of hydrogen-bond donors (Lipinski definition) is 0. The van der Waals surface area contributed by atoms with Gasteiger partial charge in [0.15, 0.2) is 0 Å². The normalized spacial score (nSPS) is 16.9. The Morgan fingerprint density at radius 3 is 2.81 bits per heavy atom. The van der Waals surface area contributed by atoms with E-state index < -0.39 is 4.92 Å².